The Bertz CT molecular complexity index is 729. The molecule has 8 heteroatoms. The minimum Gasteiger partial charge on any atom is -0.496 e. The van der Waals surface area contributed by atoms with E-state index in [9.17, 15) is 14.4 Å². The van der Waals surface area contributed by atoms with Gasteiger partial charge in [0, 0.05) is 0 Å². The number of nitrogens with one attached hydrogen (secondary N) is 1. The summed E-state index contributed by atoms with van der Waals surface area (Å²) in [7, 11) is 1.51. The van der Waals surface area contributed by atoms with Crippen molar-refractivity contribution in [2.24, 2.45) is 0 Å². The lowest BCUT2D eigenvalue weighted by Crippen LogP contribution is -2.33. The molecule has 0 bridgehead atoms. The van der Waals surface area contributed by atoms with E-state index in [-0.39, 0.29) is 5.56 Å². The molecular formula is C15H12BrNO5S. The van der Waals surface area contributed by atoms with Crippen molar-refractivity contribution >= 4 is 45.1 Å². The van der Waals surface area contributed by atoms with Gasteiger partial charge in [-0.3, -0.25) is 14.9 Å². The molecule has 120 valence electrons. The molecule has 0 unspecified atom stereocenters. The zero-order chi connectivity index (χ0) is 16.8. The highest BCUT2D eigenvalue weighted by molar-refractivity contribution is 9.10. The molecule has 2 rings (SSSR count). The van der Waals surface area contributed by atoms with E-state index in [4.69, 9.17) is 9.47 Å². The number of carbonyl (C=O) groups is 3. The molecule has 0 saturated heterocycles. The zero-order valence-corrected chi connectivity index (χ0v) is 14.4. The minimum atomic E-state index is -0.690. The number of imide groups is 1. The van der Waals surface area contributed by atoms with Crippen molar-refractivity contribution in [1.29, 1.82) is 0 Å². The second kappa shape index (κ2) is 7.89. The van der Waals surface area contributed by atoms with Crippen molar-refractivity contribution in [1.82, 2.24) is 5.32 Å². The van der Waals surface area contributed by atoms with E-state index >= 15 is 0 Å². The van der Waals surface area contributed by atoms with E-state index in [1.165, 1.54) is 30.6 Å². The maximum Gasteiger partial charge on any atom is 0.338 e. The van der Waals surface area contributed by atoms with Crippen LogP contribution in [0.4, 0.5) is 0 Å². The van der Waals surface area contributed by atoms with Crippen LogP contribution in [0.3, 0.4) is 0 Å². The van der Waals surface area contributed by atoms with Crippen molar-refractivity contribution in [2.45, 2.75) is 0 Å². The number of hydrogen-bond acceptors (Lipinski definition) is 6. The number of benzene rings is 1. The first-order valence-electron chi connectivity index (χ1n) is 6.39. The highest BCUT2D eigenvalue weighted by Gasteiger charge is 2.15. The smallest absolute Gasteiger partial charge is 0.338 e. The van der Waals surface area contributed by atoms with Crippen LogP contribution in [0.5, 0.6) is 5.75 Å². The van der Waals surface area contributed by atoms with Crippen LogP contribution in [0.15, 0.2) is 40.2 Å². The third-order valence-corrected chi connectivity index (χ3v) is 4.21. The first kappa shape index (κ1) is 17.2. The molecule has 0 saturated carbocycles. The van der Waals surface area contributed by atoms with E-state index in [0.29, 0.717) is 15.1 Å². The number of rotatable bonds is 5. The van der Waals surface area contributed by atoms with Crippen LogP contribution < -0.4 is 10.1 Å². The molecular weight excluding hydrogens is 386 g/mol. The van der Waals surface area contributed by atoms with Gasteiger partial charge in [-0.2, -0.15) is 0 Å². The SMILES string of the molecule is COc1ccc(C(=O)OCC(=O)NC(=O)c2cccs2)cc1Br. The second-order valence-electron chi connectivity index (χ2n) is 4.28. The van der Waals surface area contributed by atoms with Crippen molar-refractivity contribution in [3.8, 4) is 5.75 Å². The lowest BCUT2D eigenvalue weighted by atomic mass is 10.2. The molecule has 6 nitrogen and oxygen atoms in total. The van der Waals surface area contributed by atoms with Gasteiger partial charge < -0.3 is 9.47 Å². The third kappa shape index (κ3) is 4.64. The third-order valence-electron chi connectivity index (χ3n) is 2.72. The van der Waals surface area contributed by atoms with Gasteiger partial charge in [-0.1, -0.05) is 6.07 Å². The fourth-order valence-electron chi connectivity index (χ4n) is 1.64. The quantitative estimate of drug-likeness (QED) is 0.784. The van der Waals surface area contributed by atoms with Crippen molar-refractivity contribution in [3.63, 3.8) is 0 Å². The van der Waals surface area contributed by atoms with Gasteiger partial charge in [-0.15, -0.1) is 11.3 Å². The summed E-state index contributed by atoms with van der Waals surface area (Å²) >= 11 is 4.47. The van der Waals surface area contributed by atoms with E-state index in [0.717, 1.165) is 0 Å². The van der Waals surface area contributed by atoms with Crippen LogP contribution in [-0.2, 0) is 9.53 Å². The predicted molar refractivity (Wildman–Crippen MR) is 87.8 cm³/mol. The minimum absolute atomic E-state index is 0.259. The average Bonchev–Trinajstić information content (AvgIpc) is 3.07. The molecule has 1 aromatic carbocycles. The summed E-state index contributed by atoms with van der Waals surface area (Å²) in [4.78, 5) is 35.6. The summed E-state index contributed by atoms with van der Waals surface area (Å²) in [6.45, 7) is -0.542. The Morgan fingerprint density at radius 3 is 2.65 bits per heavy atom. The highest BCUT2D eigenvalue weighted by Crippen LogP contribution is 2.25. The number of carbonyl (C=O) groups excluding carboxylic acids is 3. The molecule has 1 N–H and O–H groups in total. The molecule has 0 aliphatic rings. The Morgan fingerprint density at radius 2 is 2.04 bits per heavy atom. The van der Waals surface area contributed by atoms with Crippen LogP contribution in [0.25, 0.3) is 0 Å². The lowest BCUT2D eigenvalue weighted by Gasteiger charge is -2.07. The van der Waals surface area contributed by atoms with Crippen molar-refractivity contribution in [3.05, 3.63) is 50.6 Å². The van der Waals surface area contributed by atoms with E-state index < -0.39 is 24.4 Å². The number of methoxy groups -OCH3 is 1. The van der Waals surface area contributed by atoms with Gasteiger partial charge in [0.15, 0.2) is 6.61 Å². The van der Waals surface area contributed by atoms with E-state index in [1.54, 1.807) is 23.6 Å². The van der Waals surface area contributed by atoms with Gasteiger partial charge in [0.2, 0.25) is 0 Å². The zero-order valence-electron chi connectivity index (χ0n) is 12.0. The van der Waals surface area contributed by atoms with Crippen molar-refractivity contribution < 1.29 is 23.9 Å². The molecule has 0 aliphatic heterocycles. The number of ether oxygens (including phenoxy) is 2. The largest absolute Gasteiger partial charge is 0.496 e. The fourth-order valence-corrected chi connectivity index (χ4v) is 2.80. The Hall–Kier alpha value is -2.19. The summed E-state index contributed by atoms with van der Waals surface area (Å²) in [6, 6.07) is 7.93. The van der Waals surface area contributed by atoms with Gasteiger partial charge in [0.05, 0.1) is 22.0 Å². The standard InChI is InChI=1S/C15H12BrNO5S/c1-21-11-5-4-9(7-10(11)16)15(20)22-8-13(18)17-14(19)12-3-2-6-23-12/h2-7H,8H2,1H3,(H,17,18,19). The summed E-state index contributed by atoms with van der Waals surface area (Å²) in [5.74, 6) is -1.31. The van der Waals surface area contributed by atoms with E-state index in [1.807, 2.05) is 0 Å². The Kier molecular flexibility index (Phi) is 5.89. The Morgan fingerprint density at radius 1 is 1.26 bits per heavy atom. The van der Waals surface area contributed by atoms with Gasteiger partial charge in [-0.05, 0) is 45.6 Å². The maximum atomic E-state index is 11.9. The van der Waals surface area contributed by atoms with Crippen LogP contribution >= 0.6 is 27.3 Å². The van der Waals surface area contributed by atoms with Crippen LogP contribution in [0.2, 0.25) is 0 Å². The van der Waals surface area contributed by atoms with Crippen molar-refractivity contribution in [2.75, 3.05) is 13.7 Å². The molecule has 0 spiro atoms. The summed E-state index contributed by atoms with van der Waals surface area (Å²) in [6.07, 6.45) is 0. The Balaban J connectivity index is 1.87. The fraction of sp³-hybridized carbons (Fsp3) is 0.133. The normalized spacial score (nSPS) is 10.0. The molecule has 0 aliphatic carbocycles. The van der Waals surface area contributed by atoms with Gasteiger partial charge in [0.25, 0.3) is 11.8 Å². The number of hydrogen-bond donors (Lipinski definition) is 1. The highest BCUT2D eigenvalue weighted by atomic mass is 79.9. The van der Waals surface area contributed by atoms with Gasteiger partial charge in [0.1, 0.15) is 5.75 Å². The summed E-state index contributed by atoms with van der Waals surface area (Å²) in [5.41, 5.74) is 0.259. The number of thiophene rings is 1. The van der Waals surface area contributed by atoms with E-state index in [2.05, 4.69) is 21.2 Å². The van der Waals surface area contributed by atoms with Crippen LogP contribution in [-0.4, -0.2) is 31.5 Å². The second-order valence-corrected chi connectivity index (χ2v) is 6.08. The van der Waals surface area contributed by atoms with Gasteiger partial charge >= 0.3 is 5.97 Å². The molecule has 1 heterocycles. The Labute approximate surface area is 144 Å². The predicted octanol–water partition coefficient (Wildman–Crippen LogP) is 2.63. The lowest BCUT2D eigenvalue weighted by molar-refractivity contribution is -0.123. The molecule has 0 atom stereocenters. The molecule has 2 amide bonds. The van der Waals surface area contributed by atoms with Gasteiger partial charge in [-0.25, -0.2) is 4.79 Å². The maximum absolute atomic E-state index is 11.9. The van der Waals surface area contributed by atoms with Crippen LogP contribution in [0.1, 0.15) is 20.0 Å². The topological polar surface area (TPSA) is 81.7 Å². The molecule has 0 radical (unpaired) electrons. The number of esters is 1. The molecule has 23 heavy (non-hydrogen) atoms. The average molecular weight is 398 g/mol. The van der Waals surface area contributed by atoms with Crippen LogP contribution in [0, 0.1) is 0 Å². The number of amides is 2. The summed E-state index contributed by atoms with van der Waals surface area (Å²) in [5, 5.41) is 3.87. The molecule has 0 fully saturated rings. The monoisotopic (exact) mass is 397 g/mol. The molecule has 1 aromatic heterocycles. The first-order chi connectivity index (χ1) is 11.0. The first-order valence-corrected chi connectivity index (χ1v) is 8.07. The molecule has 2 aromatic rings. The number of halogens is 1. The summed E-state index contributed by atoms with van der Waals surface area (Å²) < 4.78 is 10.5.